The van der Waals surface area contributed by atoms with Crippen LogP contribution in [0.4, 0.5) is 5.69 Å². The molecule has 1 aliphatic heterocycles. The Morgan fingerprint density at radius 1 is 1.47 bits per heavy atom. The first-order valence-electron chi connectivity index (χ1n) is 6.26. The van der Waals surface area contributed by atoms with E-state index in [9.17, 15) is 4.79 Å². The standard InChI is InChI=1S/C14H16N4O/c1-8-14(12(7-15)18(2)17-8)9-3-4-11-10(5-9)6-13(19)16-11/h3-5H,6-7,15H2,1-2H3,(H,16,19). The van der Waals surface area contributed by atoms with Crippen molar-refractivity contribution in [2.75, 3.05) is 5.32 Å². The number of nitrogens with zero attached hydrogens (tertiary/aromatic N) is 2. The molecule has 0 radical (unpaired) electrons. The summed E-state index contributed by atoms with van der Waals surface area (Å²) in [4.78, 5) is 11.4. The quantitative estimate of drug-likeness (QED) is 0.851. The van der Waals surface area contributed by atoms with Crippen molar-refractivity contribution in [2.45, 2.75) is 19.9 Å². The molecule has 0 atom stereocenters. The Kier molecular flexibility index (Phi) is 2.64. The molecule has 0 unspecified atom stereocenters. The highest BCUT2D eigenvalue weighted by atomic mass is 16.1. The number of amides is 1. The normalized spacial score (nSPS) is 13.5. The van der Waals surface area contributed by atoms with Crippen molar-refractivity contribution in [3.8, 4) is 11.1 Å². The second-order valence-electron chi connectivity index (χ2n) is 4.83. The van der Waals surface area contributed by atoms with Crippen LogP contribution in [0.5, 0.6) is 0 Å². The van der Waals surface area contributed by atoms with Crippen LogP contribution >= 0.6 is 0 Å². The van der Waals surface area contributed by atoms with Gasteiger partial charge in [-0.25, -0.2) is 0 Å². The van der Waals surface area contributed by atoms with E-state index < -0.39 is 0 Å². The molecule has 2 heterocycles. The lowest BCUT2D eigenvalue weighted by molar-refractivity contribution is -0.115. The predicted octanol–water partition coefficient (Wildman–Crippen LogP) is 1.35. The zero-order valence-electron chi connectivity index (χ0n) is 11.0. The van der Waals surface area contributed by atoms with E-state index in [1.807, 2.05) is 30.8 Å². The molecule has 0 fully saturated rings. The zero-order valence-corrected chi connectivity index (χ0v) is 11.0. The van der Waals surface area contributed by atoms with Gasteiger partial charge < -0.3 is 11.1 Å². The molecule has 0 bridgehead atoms. The van der Waals surface area contributed by atoms with Crippen molar-refractivity contribution >= 4 is 11.6 Å². The maximum absolute atomic E-state index is 11.4. The van der Waals surface area contributed by atoms with Crippen LogP contribution in [0.25, 0.3) is 11.1 Å². The van der Waals surface area contributed by atoms with Gasteiger partial charge in [0.1, 0.15) is 0 Å². The molecule has 5 heteroatoms. The number of carbonyl (C=O) groups excluding carboxylic acids is 1. The largest absolute Gasteiger partial charge is 0.326 e. The Morgan fingerprint density at radius 2 is 2.26 bits per heavy atom. The zero-order chi connectivity index (χ0) is 13.6. The third-order valence-corrected chi connectivity index (χ3v) is 3.55. The Balaban J connectivity index is 2.14. The van der Waals surface area contributed by atoms with E-state index in [-0.39, 0.29) is 5.91 Å². The van der Waals surface area contributed by atoms with Crippen molar-refractivity contribution in [1.82, 2.24) is 9.78 Å². The molecule has 2 aromatic rings. The highest BCUT2D eigenvalue weighted by molar-refractivity contribution is 5.99. The van der Waals surface area contributed by atoms with Crippen molar-refractivity contribution in [2.24, 2.45) is 12.8 Å². The summed E-state index contributed by atoms with van der Waals surface area (Å²) in [5.41, 5.74) is 11.9. The number of fused-ring (bicyclic) bond motifs is 1. The minimum absolute atomic E-state index is 0.0501. The van der Waals surface area contributed by atoms with Gasteiger partial charge in [0.15, 0.2) is 0 Å². The Hall–Kier alpha value is -2.14. The van der Waals surface area contributed by atoms with E-state index in [2.05, 4.69) is 16.5 Å². The van der Waals surface area contributed by atoms with Crippen LogP contribution in [0.1, 0.15) is 17.0 Å². The second-order valence-corrected chi connectivity index (χ2v) is 4.83. The first-order chi connectivity index (χ1) is 9.10. The molecule has 19 heavy (non-hydrogen) atoms. The number of anilines is 1. The molecule has 5 nitrogen and oxygen atoms in total. The lowest BCUT2D eigenvalue weighted by Crippen LogP contribution is -2.05. The third kappa shape index (κ3) is 1.82. The van der Waals surface area contributed by atoms with Gasteiger partial charge in [0, 0.05) is 24.8 Å². The monoisotopic (exact) mass is 256 g/mol. The van der Waals surface area contributed by atoms with Gasteiger partial charge in [0.2, 0.25) is 5.91 Å². The smallest absolute Gasteiger partial charge is 0.228 e. The number of aryl methyl sites for hydroxylation is 2. The molecule has 1 aromatic carbocycles. The number of nitrogens with one attached hydrogen (secondary N) is 1. The number of carbonyl (C=O) groups is 1. The average molecular weight is 256 g/mol. The van der Waals surface area contributed by atoms with Crippen molar-refractivity contribution in [3.05, 3.63) is 35.2 Å². The van der Waals surface area contributed by atoms with E-state index in [0.717, 1.165) is 33.8 Å². The van der Waals surface area contributed by atoms with E-state index in [4.69, 9.17) is 5.73 Å². The summed E-state index contributed by atoms with van der Waals surface area (Å²) in [7, 11) is 1.90. The highest BCUT2D eigenvalue weighted by Gasteiger charge is 2.20. The van der Waals surface area contributed by atoms with Gasteiger partial charge in [-0.05, 0) is 30.2 Å². The summed E-state index contributed by atoms with van der Waals surface area (Å²) >= 11 is 0. The molecule has 0 saturated heterocycles. The van der Waals surface area contributed by atoms with Crippen LogP contribution in [0, 0.1) is 6.92 Å². The lowest BCUT2D eigenvalue weighted by Gasteiger charge is -2.06. The maximum Gasteiger partial charge on any atom is 0.228 e. The van der Waals surface area contributed by atoms with Crippen LogP contribution in [-0.2, 0) is 24.8 Å². The van der Waals surface area contributed by atoms with Gasteiger partial charge in [-0.1, -0.05) is 6.07 Å². The SMILES string of the molecule is Cc1nn(C)c(CN)c1-c1ccc2c(c1)CC(=O)N2. The van der Waals surface area contributed by atoms with Gasteiger partial charge in [-0.2, -0.15) is 5.10 Å². The Labute approximate surface area is 111 Å². The number of hydrogen-bond donors (Lipinski definition) is 2. The molecule has 98 valence electrons. The molecule has 3 rings (SSSR count). The number of benzene rings is 1. The summed E-state index contributed by atoms with van der Waals surface area (Å²) in [6.45, 7) is 2.42. The van der Waals surface area contributed by atoms with Gasteiger partial charge in [-0.15, -0.1) is 0 Å². The predicted molar refractivity (Wildman–Crippen MR) is 73.6 cm³/mol. The molecule has 1 aliphatic rings. The van der Waals surface area contributed by atoms with Crippen LogP contribution in [0.3, 0.4) is 0 Å². The van der Waals surface area contributed by atoms with E-state index in [0.29, 0.717) is 13.0 Å². The minimum atomic E-state index is 0.0501. The van der Waals surface area contributed by atoms with Gasteiger partial charge in [0.25, 0.3) is 0 Å². The van der Waals surface area contributed by atoms with E-state index in [1.165, 1.54) is 0 Å². The maximum atomic E-state index is 11.4. The lowest BCUT2D eigenvalue weighted by atomic mass is 10.00. The van der Waals surface area contributed by atoms with Crippen molar-refractivity contribution in [3.63, 3.8) is 0 Å². The van der Waals surface area contributed by atoms with Crippen molar-refractivity contribution in [1.29, 1.82) is 0 Å². The molecule has 0 spiro atoms. The molecular weight excluding hydrogens is 240 g/mol. The molecule has 1 amide bonds. The van der Waals surface area contributed by atoms with Crippen LogP contribution in [-0.4, -0.2) is 15.7 Å². The van der Waals surface area contributed by atoms with Crippen LogP contribution in [0.2, 0.25) is 0 Å². The summed E-state index contributed by atoms with van der Waals surface area (Å²) in [6, 6.07) is 6.01. The van der Waals surface area contributed by atoms with Gasteiger partial charge in [-0.3, -0.25) is 9.48 Å². The van der Waals surface area contributed by atoms with Crippen LogP contribution in [0.15, 0.2) is 18.2 Å². The Morgan fingerprint density at radius 3 is 3.00 bits per heavy atom. The fourth-order valence-electron chi connectivity index (χ4n) is 2.70. The molecule has 3 N–H and O–H groups in total. The summed E-state index contributed by atoms with van der Waals surface area (Å²) in [5.74, 6) is 0.0501. The van der Waals surface area contributed by atoms with E-state index in [1.54, 1.807) is 0 Å². The molecule has 1 aromatic heterocycles. The summed E-state index contributed by atoms with van der Waals surface area (Å²) < 4.78 is 1.82. The van der Waals surface area contributed by atoms with E-state index >= 15 is 0 Å². The number of aromatic nitrogens is 2. The summed E-state index contributed by atoms with van der Waals surface area (Å²) in [5, 5.41) is 7.26. The average Bonchev–Trinajstić information content (AvgIpc) is 2.86. The third-order valence-electron chi connectivity index (χ3n) is 3.55. The number of rotatable bonds is 2. The number of hydrogen-bond acceptors (Lipinski definition) is 3. The molecule has 0 saturated carbocycles. The topological polar surface area (TPSA) is 72.9 Å². The molecule has 0 aliphatic carbocycles. The van der Waals surface area contributed by atoms with Crippen molar-refractivity contribution < 1.29 is 4.79 Å². The summed E-state index contributed by atoms with van der Waals surface area (Å²) in [6.07, 6.45) is 0.445. The number of nitrogens with two attached hydrogens (primary N) is 1. The Bertz CT molecular complexity index is 672. The first-order valence-corrected chi connectivity index (χ1v) is 6.26. The van der Waals surface area contributed by atoms with Crippen LogP contribution < -0.4 is 11.1 Å². The minimum Gasteiger partial charge on any atom is -0.326 e. The highest BCUT2D eigenvalue weighted by Crippen LogP contribution is 2.32. The first kappa shape index (κ1) is 11.9. The molecular formula is C14H16N4O. The fourth-order valence-corrected chi connectivity index (χ4v) is 2.70. The second kappa shape index (κ2) is 4.20. The van der Waals surface area contributed by atoms with Gasteiger partial charge in [0.05, 0.1) is 17.8 Å². The fraction of sp³-hybridized carbons (Fsp3) is 0.286. The van der Waals surface area contributed by atoms with Gasteiger partial charge >= 0.3 is 0 Å².